The van der Waals surface area contributed by atoms with Gasteiger partial charge in [-0.3, -0.25) is 28.9 Å². The van der Waals surface area contributed by atoms with E-state index in [9.17, 15) is 24.0 Å². The number of methoxy groups -OCH3 is 1. The van der Waals surface area contributed by atoms with Crippen molar-refractivity contribution in [1.82, 2.24) is 15.5 Å². The Labute approximate surface area is 314 Å². The highest BCUT2D eigenvalue weighted by atomic mass is 16.6. The number of unbranched alkanes of at least 4 members (excludes halogenated alkanes) is 2. The van der Waals surface area contributed by atoms with Gasteiger partial charge in [-0.1, -0.05) is 6.42 Å². The molecule has 0 saturated heterocycles. The van der Waals surface area contributed by atoms with Gasteiger partial charge in [0, 0.05) is 45.2 Å². The minimum Gasteiger partial charge on any atom is -0.460 e. The molecule has 1 atom stereocenters. The summed E-state index contributed by atoms with van der Waals surface area (Å²) in [6, 6.07) is -0.934. The number of hydrogen-bond donors (Lipinski definition) is 2. The molecule has 0 fully saturated rings. The fourth-order valence-corrected chi connectivity index (χ4v) is 4.51. The van der Waals surface area contributed by atoms with Gasteiger partial charge in [0.25, 0.3) is 11.8 Å². The van der Waals surface area contributed by atoms with E-state index in [1.807, 2.05) is 0 Å². The molecule has 17 heteroatoms. The second-order valence-electron chi connectivity index (χ2n) is 12.8. The molecule has 1 aliphatic heterocycles. The highest BCUT2D eigenvalue weighted by Crippen LogP contribution is 2.11. The van der Waals surface area contributed by atoms with Crippen LogP contribution in [0.1, 0.15) is 59.3 Å². The lowest BCUT2D eigenvalue weighted by Crippen LogP contribution is -2.47. The molecule has 4 amide bonds. The monoisotopic (exact) mass is 761 g/mol. The van der Waals surface area contributed by atoms with Gasteiger partial charge in [-0.15, -0.1) is 0 Å². The minimum atomic E-state index is -0.934. The summed E-state index contributed by atoms with van der Waals surface area (Å²) >= 11 is 0. The quantitative estimate of drug-likeness (QED) is 0.0527. The molecule has 0 aromatic carbocycles. The Bertz CT molecular complexity index is 1030. The normalized spacial score (nSPS) is 13.5. The van der Waals surface area contributed by atoms with E-state index < -0.39 is 23.5 Å². The third-order valence-corrected chi connectivity index (χ3v) is 7.10. The molecule has 306 valence electrons. The second kappa shape index (κ2) is 31.3. The Balaban J connectivity index is 2.10. The number of imide groups is 1. The van der Waals surface area contributed by atoms with Crippen LogP contribution < -0.4 is 10.6 Å². The minimum absolute atomic E-state index is 0.0502. The van der Waals surface area contributed by atoms with E-state index in [4.69, 9.17) is 42.6 Å². The molecular weight excluding hydrogens is 698 g/mol. The first-order chi connectivity index (χ1) is 25.5. The number of hydrogen-bond acceptors (Lipinski definition) is 14. The topological polar surface area (TPSA) is 196 Å². The van der Waals surface area contributed by atoms with Gasteiger partial charge < -0.3 is 53.3 Å². The molecule has 1 heterocycles. The summed E-state index contributed by atoms with van der Waals surface area (Å²) in [5.41, 5.74) is -0.671. The zero-order valence-electron chi connectivity index (χ0n) is 32.2. The van der Waals surface area contributed by atoms with Crippen LogP contribution in [0.2, 0.25) is 0 Å². The molecule has 0 aliphatic carbocycles. The Morgan fingerprint density at radius 3 is 1.55 bits per heavy atom. The van der Waals surface area contributed by atoms with Gasteiger partial charge in [-0.05, 0) is 40.0 Å². The first-order valence-corrected chi connectivity index (χ1v) is 18.4. The lowest BCUT2D eigenvalue weighted by Gasteiger charge is -2.21. The maximum atomic E-state index is 12.9. The summed E-state index contributed by atoms with van der Waals surface area (Å²) in [5, 5.41) is 5.46. The van der Waals surface area contributed by atoms with Gasteiger partial charge in [0.1, 0.15) is 11.6 Å². The molecule has 0 saturated carbocycles. The van der Waals surface area contributed by atoms with Crippen LogP contribution in [0.15, 0.2) is 12.2 Å². The van der Waals surface area contributed by atoms with Gasteiger partial charge in [-0.25, -0.2) is 0 Å². The van der Waals surface area contributed by atoms with Crippen molar-refractivity contribution in [2.45, 2.75) is 70.9 Å². The van der Waals surface area contributed by atoms with E-state index in [-0.39, 0.29) is 56.7 Å². The summed E-state index contributed by atoms with van der Waals surface area (Å²) in [4.78, 5) is 62.3. The predicted octanol–water partition coefficient (Wildman–Crippen LogP) is 0.957. The molecule has 53 heavy (non-hydrogen) atoms. The van der Waals surface area contributed by atoms with E-state index in [2.05, 4.69) is 10.6 Å². The number of rotatable bonds is 35. The highest BCUT2D eigenvalue weighted by Gasteiger charge is 2.24. The first kappa shape index (κ1) is 48.0. The maximum Gasteiger partial charge on any atom is 0.306 e. The van der Waals surface area contributed by atoms with E-state index in [0.717, 1.165) is 4.90 Å². The van der Waals surface area contributed by atoms with Crippen LogP contribution in [0, 0.1) is 0 Å². The molecule has 2 N–H and O–H groups in total. The fraction of sp³-hybridized carbons (Fsp3) is 0.806. The van der Waals surface area contributed by atoms with Crippen molar-refractivity contribution in [3.05, 3.63) is 12.2 Å². The Morgan fingerprint density at radius 1 is 0.642 bits per heavy atom. The molecule has 17 nitrogen and oxygen atoms in total. The largest absolute Gasteiger partial charge is 0.460 e. The summed E-state index contributed by atoms with van der Waals surface area (Å²) < 4.78 is 48.3. The van der Waals surface area contributed by atoms with Crippen LogP contribution in [-0.2, 0) is 66.6 Å². The lowest BCUT2D eigenvalue weighted by molar-refractivity contribution is -0.155. The average molecular weight is 762 g/mol. The van der Waals surface area contributed by atoms with E-state index >= 15 is 0 Å². The zero-order valence-corrected chi connectivity index (χ0v) is 32.2. The Kier molecular flexibility index (Phi) is 28.4. The SMILES string of the molecule is COCCOCCOCCOCCOCCOCCOCCOCCNC(=O)[C@H](CCC(=O)OC(C)(C)C)NC(=O)CCCCCN1C(=O)C=CC1=O. The summed E-state index contributed by atoms with van der Waals surface area (Å²) in [6.07, 6.45) is 4.33. The molecule has 0 aromatic heterocycles. The van der Waals surface area contributed by atoms with Crippen molar-refractivity contribution in [2.24, 2.45) is 0 Å². The van der Waals surface area contributed by atoms with Crippen molar-refractivity contribution in [2.75, 3.05) is 119 Å². The number of ether oxygens (including phenoxy) is 9. The van der Waals surface area contributed by atoms with E-state index in [1.165, 1.54) is 12.2 Å². The van der Waals surface area contributed by atoms with Crippen molar-refractivity contribution in [1.29, 1.82) is 0 Å². The van der Waals surface area contributed by atoms with E-state index in [0.29, 0.717) is 112 Å². The number of carbonyl (C=O) groups excluding carboxylic acids is 5. The standard InChI is InChI=1S/C36H63N3O14/c1-36(2,3)53-34(43)12-9-30(38-31(40)8-6-5-7-14-39-32(41)10-11-33(39)42)35(44)37-13-15-46-18-19-48-22-23-50-26-27-52-29-28-51-25-24-49-21-20-47-17-16-45-4/h10-11,30H,5-9,12-29H2,1-4H3,(H,37,44)(H,38,40)/t30-/m0/s1. The van der Waals surface area contributed by atoms with Crippen LogP contribution >= 0.6 is 0 Å². The van der Waals surface area contributed by atoms with Gasteiger partial charge in [-0.2, -0.15) is 0 Å². The van der Waals surface area contributed by atoms with Gasteiger partial charge in [0.2, 0.25) is 11.8 Å². The average Bonchev–Trinajstić information content (AvgIpc) is 3.43. The molecule has 1 rings (SSSR count). The molecule has 1 aliphatic rings. The van der Waals surface area contributed by atoms with Crippen LogP contribution in [0.25, 0.3) is 0 Å². The molecule has 0 bridgehead atoms. The Morgan fingerprint density at radius 2 is 1.09 bits per heavy atom. The second-order valence-corrected chi connectivity index (χ2v) is 12.8. The maximum absolute atomic E-state index is 12.9. The van der Waals surface area contributed by atoms with Crippen molar-refractivity contribution in [3.8, 4) is 0 Å². The Hall–Kier alpha value is -3.03. The fourth-order valence-electron chi connectivity index (χ4n) is 4.51. The number of nitrogens with zero attached hydrogens (tertiary/aromatic N) is 1. The van der Waals surface area contributed by atoms with Gasteiger partial charge in [0.15, 0.2) is 0 Å². The predicted molar refractivity (Wildman–Crippen MR) is 192 cm³/mol. The molecule has 0 unspecified atom stereocenters. The third kappa shape index (κ3) is 28.1. The number of amides is 4. The third-order valence-electron chi connectivity index (χ3n) is 7.10. The van der Waals surface area contributed by atoms with E-state index in [1.54, 1.807) is 27.9 Å². The van der Waals surface area contributed by atoms with Crippen LogP contribution in [0.4, 0.5) is 0 Å². The molecular formula is C36H63N3O14. The lowest BCUT2D eigenvalue weighted by atomic mass is 10.1. The number of carbonyl (C=O) groups is 5. The molecule has 0 radical (unpaired) electrons. The molecule has 0 aromatic rings. The first-order valence-electron chi connectivity index (χ1n) is 18.4. The summed E-state index contributed by atoms with van der Waals surface area (Å²) in [5.74, 6) is -1.91. The van der Waals surface area contributed by atoms with Crippen LogP contribution in [0.3, 0.4) is 0 Å². The van der Waals surface area contributed by atoms with Crippen molar-refractivity contribution < 1.29 is 66.6 Å². The van der Waals surface area contributed by atoms with Crippen molar-refractivity contribution in [3.63, 3.8) is 0 Å². The van der Waals surface area contributed by atoms with Crippen molar-refractivity contribution >= 4 is 29.6 Å². The zero-order chi connectivity index (χ0) is 39.0. The van der Waals surface area contributed by atoms with Gasteiger partial charge in [0.05, 0.1) is 99.1 Å². The molecule has 0 spiro atoms. The number of nitrogens with one attached hydrogen (secondary N) is 2. The highest BCUT2D eigenvalue weighted by molar-refractivity contribution is 6.12. The van der Waals surface area contributed by atoms with Crippen LogP contribution in [-0.4, -0.2) is 165 Å². The summed E-state index contributed by atoms with van der Waals surface area (Å²) in [6.45, 7) is 12.5. The van der Waals surface area contributed by atoms with Crippen LogP contribution in [0.5, 0.6) is 0 Å². The summed E-state index contributed by atoms with van der Waals surface area (Å²) in [7, 11) is 1.63. The smallest absolute Gasteiger partial charge is 0.306 e. The van der Waals surface area contributed by atoms with Gasteiger partial charge >= 0.3 is 5.97 Å². The number of esters is 1.